The number of nitrogens with one attached hydrogen (secondary N) is 9. The lowest BCUT2D eigenvalue weighted by Gasteiger charge is -2.28. The molecule has 27 heteroatoms. The second-order valence-electron chi connectivity index (χ2n) is 20.6. The van der Waals surface area contributed by atoms with Gasteiger partial charge in [0.05, 0.1) is 31.7 Å². The minimum Gasteiger partial charge on any atom is -0.481 e. The molecule has 0 radical (unpaired) electrons. The monoisotopic (exact) mass is 1230 g/mol. The zero-order valence-electron chi connectivity index (χ0n) is 48.2. The molecule has 5 aromatic rings. The predicted molar refractivity (Wildman–Crippen MR) is 317 cm³/mol. The van der Waals surface area contributed by atoms with Crippen molar-refractivity contribution < 1.29 is 82.8 Å². The highest BCUT2D eigenvalue weighted by Gasteiger charge is 2.37. The van der Waals surface area contributed by atoms with Crippen molar-refractivity contribution in [3.63, 3.8) is 0 Å². The molecule has 0 aromatic heterocycles. The summed E-state index contributed by atoms with van der Waals surface area (Å²) in [6, 6.07) is 25.6. The third-order valence-electron chi connectivity index (χ3n) is 13.7. The summed E-state index contributed by atoms with van der Waals surface area (Å²) in [5.74, 6) is -16.6. The SMILES string of the molecule is CNC(Cc1ccccc1)C(=O)N[C@@H](CC(=O)O)C(=O)NC(Cc1ccccc1)C(=O)N[C@@H](CC(=O)O)C(=O)NC(Cc1ccccc1)C(=O)N[C@@H](CC(=O)O)C(=O)NC(Cc1ccccc1)C(=O)N[C@@H](CC(=O)O)C(=O)NC(Cc1ccccc1)C(N)=O. The van der Waals surface area contributed by atoms with E-state index in [0.717, 1.165) is 5.56 Å². The van der Waals surface area contributed by atoms with Gasteiger partial charge in [-0.15, -0.1) is 0 Å². The van der Waals surface area contributed by atoms with Crippen LogP contribution in [0.25, 0.3) is 0 Å². The van der Waals surface area contributed by atoms with Crippen LogP contribution in [0, 0.1) is 0 Å². The molecule has 0 spiro atoms. The number of benzene rings is 5. The highest BCUT2D eigenvalue weighted by molar-refractivity contribution is 6.00. The third-order valence-corrected chi connectivity index (χ3v) is 13.7. The molecule has 0 saturated heterocycles. The number of nitrogens with two attached hydrogens (primary N) is 1. The van der Waals surface area contributed by atoms with E-state index in [1.54, 1.807) is 140 Å². The molecule has 27 nitrogen and oxygen atoms in total. The van der Waals surface area contributed by atoms with Gasteiger partial charge in [-0.1, -0.05) is 152 Å². The Morgan fingerprint density at radius 1 is 0.281 bits per heavy atom. The maximum absolute atomic E-state index is 14.5. The zero-order chi connectivity index (χ0) is 65.0. The summed E-state index contributed by atoms with van der Waals surface area (Å²) in [6.07, 6.45) is -5.35. The van der Waals surface area contributed by atoms with Gasteiger partial charge >= 0.3 is 23.9 Å². The maximum Gasteiger partial charge on any atom is 0.305 e. The topological polar surface area (TPSA) is 437 Å². The molecule has 89 heavy (non-hydrogen) atoms. The van der Waals surface area contributed by atoms with E-state index in [0.29, 0.717) is 22.3 Å². The summed E-state index contributed by atoms with van der Waals surface area (Å²) in [7, 11) is 1.48. The summed E-state index contributed by atoms with van der Waals surface area (Å²) >= 11 is 0. The molecule has 0 aliphatic carbocycles. The molecule has 9 atom stereocenters. The van der Waals surface area contributed by atoms with Gasteiger partial charge < -0.3 is 74.0 Å². The minimum atomic E-state index is -2.06. The Morgan fingerprint density at radius 3 is 0.652 bits per heavy atom. The molecule has 0 saturated carbocycles. The Labute approximate surface area is 510 Å². The number of likely N-dealkylation sites (N-methyl/N-ethyl adjacent to an activating group) is 1. The van der Waals surface area contributed by atoms with E-state index < -0.39 is 164 Å². The molecule has 470 valence electrons. The van der Waals surface area contributed by atoms with Crippen LogP contribution in [0.4, 0.5) is 0 Å². The average Bonchev–Trinajstić information content (AvgIpc) is 3.68. The first-order valence-corrected chi connectivity index (χ1v) is 27.9. The van der Waals surface area contributed by atoms with Crippen molar-refractivity contribution in [1.82, 2.24) is 47.9 Å². The number of rotatable bonds is 36. The Balaban J connectivity index is 1.40. The van der Waals surface area contributed by atoms with Gasteiger partial charge in [0, 0.05) is 25.7 Å². The standard InChI is InChI=1S/C62H70N10O17/c1-64-42(28-37-19-9-3-10-20-37)55(82)69-47(33-51(75)76)60(87)66-44(30-39-23-13-5-14-24-39)57(84)71-49(35-53(79)80)62(89)68-45(31-40-25-15-6-16-26-40)58(85)72-48(34-52(77)78)61(88)67-43(29-38-21-11-4-12-22-38)56(83)70-46(32-50(73)74)59(86)65-41(54(63)81)27-36-17-7-2-8-18-36/h2-26,41-49,64H,27-35H2,1H3,(H2,63,81)(H,65,86)(H,66,87)(H,67,88)(H,68,89)(H,69,82)(H,70,83)(H,71,84)(H,72,85)(H,73,74)(H,75,76)(H,77,78)(H,79,80)/t41?,42?,43?,44?,45?,46-,47-,48-,49-/m0/s1. The van der Waals surface area contributed by atoms with E-state index in [1.807, 2.05) is 0 Å². The predicted octanol–water partition coefficient (Wildman–Crippen LogP) is -0.950. The number of hydrogen-bond acceptors (Lipinski definition) is 14. The van der Waals surface area contributed by atoms with Gasteiger partial charge in [-0.05, 0) is 41.3 Å². The Kier molecular flexibility index (Phi) is 27.1. The van der Waals surface area contributed by atoms with Crippen molar-refractivity contribution in [2.75, 3.05) is 7.05 Å². The smallest absolute Gasteiger partial charge is 0.305 e. The Bertz CT molecular complexity index is 3270. The van der Waals surface area contributed by atoms with Gasteiger partial charge in [-0.25, -0.2) is 0 Å². The molecule has 5 aromatic carbocycles. The number of amides is 9. The van der Waals surface area contributed by atoms with Crippen LogP contribution in [0.3, 0.4) is 0 Å². The van der Waals surface area contributed by atoms with Crippen molar-refractivity contribution in [3.8, 4) is 0 Å². The summed E-state index contributed by atoms with van der Waals surface area (Å²) in [5.41, 5.74) is 8.08. The van der Waals surface area contributed by atoms with Crippen molar-refractivity contribution >= 4 is 77.0 Å². The molecule has 5 rings (SSSR count). The van der Waals surface area contributed by atoms with Crippen LogP contribution in [-0.4, -0.2) is 159 Å². The third kappa shape index (κ3) is 23.9. The second-order valence-corrected chi connectivity index (χ2v) is 20.6. The number of carbonyl (C=O) groups is 13. The quantitative estimate of drug-likeness (QED) is 0.0230. The van der Waals surface area contributed by atoms with Gasteiger partial charge in [0.1, 0.15) is 48.3 Å². The van der Waals surface area contributed by atoms with Gasteiger partial charge in [0.2, 0.25) is 53.2 Å². The normalized spacial score (nSPS) is 13.9. The van der Waals surface area contributed by atoms with Crippen LogP contribution in [0.5, 0.6) is 0 Å². The molecule has 9 amide bonds. The fourth-order valence-corrected chi connectivity index (χ4v) is 9.14. The largest absolute Gasteiger partial charge is 0.481 e. The number of carboxylic acids is 4. The van der Waals surface area contributed by atoms with Crippen molar-refractivity contribution in [2.45, 2.75) is 112 Å². The lowest BCUT2D eigenvalue weighted by atomic mass is 10.0. The van der Waals surface area contributed by atoms with Gasteiger partial charge in [-0.3, -0.25) is 62.3 Å². The van der Waals surface area contributed by atoms with E-state index in [2.05, 4.69) is 47.9 Å². The first kappa shape index (κ1) is 68.9. The zero-order valence-corrected chi connectivity index (χ0v) is 48.2. The fraction of sp³-hybridized carbons (Fsp3) is 0.306. The summed E-state index contributed by atoms with van der Waals surface area (Å²) in [6.45, 7) is 0. The second kappa shape index (κ2) is 35.0. The molecule has 0 fully saturated rings. The van der Waals surface area contributed by atoms with E-state index in [9.17, 15) is 82.8 Å². The lowest BCUT2D eigenvalue weighted by molar-refractivity contribution is -0.142. The minimum absolute atomic E-state index is 0.108. The molecular weight excluding hydrogens is 1160 g/mol. The van der Waals surface area contributed by atoms with Crippen LogP contribution < -0.4 is 53.6 Å². The first-order chi connectivity index (χ1) is 42.5. The van der Waals surface area contributed by atoms with E-state index in [4.69, 9.17) is 5.73 Å². The number of carbonyl (C=O) groups excluding carboxylic acids is 9. The Morgan fingerprint density at radius 2 is 0.449 bits per heavy atom. The number of carboxylic acid groups (broad SMARTS) is 4. The average molecular weight is 1230 g/mol. The Hall–Kier alpha value is -10.8. The number of primary amides is 1. The van der Waals surface area contributed by atoms with E-state index >= 15 is 0 Å². The highest BCUT2D eigenvalue weighted by atomic mass is 16.4. The molecule has 15 N–H and O–H groups in total. The number of hydrogen-bond donors (Lipinski definition) is 14. The molecule has 0 aliphatic rings. The fourth-order valence-electron chi connectivity index (χ4n) is 9.14. The summed E-state index contributed by atoms with van der Waals surface area (Å²) in [5, 5.41) is 61.4. The maximum atomic E-state index is 14.5. The van der Waals surface area contributed by atoms with Gasteiger partial charge in [-0.2, -0.15) is 0 Å². The van der Waals surface area contributed by atoms with Crippen LogP contribution in [0.1, 0.15) is 53.5 Å². The van der Waals surface area contributed by atoms with Crippen molar-refractivity contribution in [1.29, 1.82) is 0 Å². The van der Waals surface area contributed by atoms with Gasteiger partial charge in [0.25, 0.3) is 0 Å². The van der Waals surface area contributed by atoms with Crippen molar-refractivity contribution in [2.24, 2.45) is 5.73 Å². The molecular formula is C62H70N10O17. The van der Waals surface area contributed by atoms with E-state index in [-0.39, 0.29) is 25.7 Å². The molecule has 0 heterocycles. The lowest BCUT2D eigenvalue weighted by Crippen LogP contribution is -2.61. The van der Waals surface area contributed by atoms with E-state index in [1.165, 1.54) is 19.2 Å². The van der Waals surface area contributed by atoms with Crippen LogP contribution in [0.15, 0.2) is 152 Å². The highest BCUT2D eigenvalue weighted by Crippen LogP contribution is 2.13. The molecule has 0 bridgehead atoms. The summed E-state index contributed by atoms with van der Waals surface area (Å²) < 4.78 is 0. The molecule has 5 unspecified atom stereocenters. The summed E-state index contributed by atoms with van der Waals surface area (Å²) in [4.78, 5) is 174. The first-order valence-electron chi connectivity index (χ1n) is 27.9. The van der Waals surface area contributed by atoms with Crippen molar-refractivity contribution in [3.05, 3.63) is 179 Å². The van der Waals surface area contributed by atoms with Crippen LogP contribution in [0.2, 0.25) is 0 Å². The van der Waals surface area contributed by atoms with Gasteiger partial charge in [0.15, 0.2) is 0 Å². The van der Waals surface area contributed by atoms with Crippen LogP contribution >= 0.6 is 0 Å². The van der Waals surface area contributed by atoms with Crippen LogP contribution in [-0.2, 0) is 94.4 Å². The molecule has 0 aliphatic heterocycles. The number of aliphatic carboxylic acids is 4.